The van der Waals surface area contributed by atoms with Gasteiger partial charge >= 0.3 is 0 Å². The van der Waals surface area contributed by atoms with Crippen molar-refractivity contribution < 1.29 is 28.6 Å². The number of amides is 2. The number of nitrogens with one attached hydrogen (secondary N) is 2. The zero-order valence-corrected chi connectivity index (χ0v) is 18.1. The van der Waals surface area contributed by atoms with Crippen molar-refractivity contribution in [1.29, 1.82) is 0 Å². The highest BCUT2D eigenvalue weighted by Gasteiger charge is 2.20. The van der Waals surface area contributed by atoms with Crippen LogP contribution >= 0.6 is 0 Å². The third-order valence-corrected chi connectivity index (χ3v) is 4.65. The van der Waals surface area contributed by atoms with E-state index in [1.807, 2.05) is 0 Å². The molecule has 3 rings (SSSR count). The Kier molecular flexibility index (Phi) is 7.46. The number of halogens is 1. The molecule has 0 atom stereocenters. The fraction of sp³-hybridized carbons (Fsp3) is 0.0435. The molecular formula is C23H17FN4O7. The lowest BCUT2D eigenvalue weighted by molar-refractivity contribution is -0.385. The second kappa shape index (κ2) is 10.7. The third kappa shape index (κ3) is 6.01. The van der Waals surface area contributed by atoms with Gasteiger partial charge in [0.05, 0.1) is 34.3 Å². The van der Waals surface area contributed by atoms with E-state index in [4.69, 9.17) is 4.74 Å². The van der Waals surface area contributed by atoms with Crippen molar-refractivity contribution in [2.75, 3.05) is 12.4 Å². The number of anilines is 1. The Bertz CT molecular complexity index is 1360. The summed E-state index contributed by atoms with van der Waals surface area (Å²) in [5, 5.41) is 26.9. The second-order valence-corrected chi connectivity index (χ2v) is 6.94. The van der Waals surface area contributed by atoms with Crippen LogP contribution in [-0.2, 0) is 4.79 Å². The molecule has 0 heterocycles. The fourth-order valence-corrected chi connectivity index (χ4v) is 2.97. The maximum absolute atomic E-state index is 14.1. The first kappa shape index (κ1) is 24.5. The maximum Gasteiger partial charge on any atom is 0.273 e. The molecule has 3 aromatic rings. The smallest absolute Gasteiger partial charge is 0.273 e. The maximum atomic E-state index is 14.1. The molecule has 0 radical (unpaired) electrons. The van der Waals surface area contributed by atoms with Crippen LogP contribution in [-0.4, -0.2) is 28.8 Å². The van der Waals surface area contributed by atoms with E-state index < -0.39 is 27.5 Å². The van der Waals surface area contributed by atoms with Crippen molar-refractivity contribution in [2.24, 2.45) is 0 Å². The summed E-state index contributed by atoms with van der Waals surface area (Å²) in [6, 6.07) is 13.8. The van der Waals surface area contributed by atoms with E-state index in [1.54, 1.807) is 0 Å². The van der Waals surface area contributed by atoms with Crippen LogP contribution in [0.15, 0.2) is 72.4 Å². The number of hydrogen-bond donors (Lipinski definition) is 2. The molecule has 0 aromatic heterocycles. The largest absolute Gasteiger partial charge is 0.494 e. The number of carbonyl (C=O) groups excluding carboxylic acids is 2. The highest BCUT2D eigenvalue weighted by molar-refractivity contribution is 6.11. The summed E-state index contributed by atoms with van der Waals surface area (Å²) in [4.78, 5) is 46.5. The third-order valence-electron chi connectivity index (χ3n) is 4.65. The lowest BCUT2D eigenvalue weighted by atomic mass is 10.1. The molecule has 3 aromatic carbocycles. The minimum atomic E-state index is -0.939. The standard InChI is InChI=1S/C23H17FN4O7/c1-35-21-13-16(28(33)34)9-10-19(21)25-23(30)20(12-14-5-4-6-15(11-14)27(31)32)26-22(29)17-7-2-3-8-18(17)24/h2-13H,1H3,(H,25,30)(H,26,29). The number of nitro groups is 2. The molecule has 12 heteroatoms. The number of carbonyl (C=O) groups is 2. The normalized spacial score (nSPS) is 10.9. The quantitative estimate of drug-likeness (QED) is 0.280. The first-order valence-electron chi connectivity index (χ1n) is 9.85. The zero-order chi connectivity index (χ0) is 25.5. The van der Waals surface area contributed by atoms with Crippen molar-refractivity contribution in [3.63, 3.8) is 0 Å². The minimum Gasteiger partial charge on any atom is -0.494 e. The van der Waals surface area contributed by atoms with Gasteiger partial charge in [-0.1, -0.05) is 24.3 Å². The molecule has 2 amide bonds. The Morgan fingerprint density at radius 3 is 2.29 bits per heavy atom. The monoisotopic (exact) mass is 480 g/mol. The van der Waals surface area contributed by atoms with Gasteiger partial charge in [-0.3, -0.25) is 29.8 Å². The Balaban J connectivity index is 1.99. The number of rotatable bonds is 8. The number of benzene rings is 3. The summed E-state index contributed by atoms with van der Waals surface area (Å²) >= 11 is 0. The Labute approximate surface area is 197 Å². The van der Waals surface area contributed by atoms with E-state index in [0.29, 0.717) is 0 Å². The lowest BCUT2D eigenvalue weighted by Gasteiger charge is -2.13. The topological polar surface area (TPSA) is 154 Å². The molecule has 2 N–H and O–H groups in total. The second-order valence-electron chi connectivity index (χ2n) is 6.94. The molecule has 0 saturated heterocycles. The summed E-state index contributed by atoms with van der Waals surface area (Å²) in [6.45, 7) is 0. The van der Waals surface area contributed by atoms with Crippen LogP contribution in [0.4, 0.5) is 21.5 Å². The van der Waals surface area contributed by atoms with E-state index in [-0.39, 0.29) is 39.6 Å². The average Bonchev–Trinajstić information content (AvgIpc) is 2.84. The predicted molar refractivity (Wildman–Crippen MR) is 123 cm³/mol. The van der Waals surface area contributed by atoms with Crippen LogP contribution < -0.4 is 15.4 Å². The fourth-order valence-electron chi connectivity index (χ4n) is 2.97. The average molecular weight is 480 g/mol. The van der Waals surface area contributed by atoms with Gasteiger partial charge in [0, 0.05) is 18.2 Å². The van der Waals surface area contributed by atoms with E-state index >= 15 is 0 Å². The van der Waals surface area contributed by atoms with E-state index in [9.17, 15) is 34.2 Å². The number of methoxy groups -OCH3 is 1. The van der Waals surface area contributed by atoms with Crippen molar-refractivity contribution >= 4 is 35.0 Å². The molecule has 0 spiro atoms. The lowest BCUT2D eigenvalue weighted by Crippen LogP contribution is -2.31. The van der Waals surface area contributed by atoms with Gasteiger partial charge in [0.25, 0.3) is 23.2 Å². The van der Waals surface area contributed by atoms with Crippen molar-refractivity contribution in [3.05, 3.63) is 110 Å². The number of non-ortho nitro benzene ring substituents is 2. The molecule has 0 aliphatic carbocycles. The van der Waals surface area contributed by atoms with E-state index in [2.05, 4.69) is 10.6 Å². The summed E-state index contributed by atoms with van der Waals surface area (Å²) < 4.78 is 19.2. The van der Waals surface area contributed by atoms with Crippen molar-refractivity contribution in [3.8, 4) is 5.75 Å². The molecule has 0 aliphatic rings. The predicted octanol–water partition coefficient (Wildman–Crippen LogP) is 4.06. The van der Waals surface area contributed by atoms with Crippen LogP contribution in [0, 0.1) is 26.0 Å². The van der Waals surface area contributed by atoms with E-state index in [1.165, 1.54) is 61.7 Å². The molecule has 0 saturated carbocycles. The molecule has 0 bridgehead atoms. The summed E-state index contributed by atoms with van der Waals surface area (Å²) in [7, 11) is 1.24. The number of nitro benzene ring substituents is 2. The van der Waals surface area contributed by atoms with Crippen molar-refractivity contribution in [1.82, 2.24) is 5.32 Å². The van der Waals surface area contributed by atoms with Crippen LogP contribution in [0.5, 0.6) is 5.75 Å². The first-order valence-corrected chi connectivity index (χ1v) is 9.85. The van der Waals surface area contributed by atoms with Gasteiger partial charge < -0.3 is 15.4 Å². The molecular weight excluding hydrogens is 463 g/mol. The van der Waals surface area contributed by atoms with Gasteiger partial charge in [0.1, 0.15) is 17.3 Å². The summed E-state index contributed by atoms with van der Waals surface area (Å²) in [6.07, 6.45) is 1.17. The summed E-state index contributed by atoms with van der Waals surface area (Å²) in [5.41, 5.74) is -0.990. The molecule has 178 valence electrons. The Morgan fingerprint density at radius 1 is 0.943 bits per heavy atom. The van der Waals surface area contributed by atoms with Crippen LogP contribution in [0.1, 0.15) is 15.9 Å². The van der Waals surface area contributed by atoms with Crippen molar-refractivity contribution in [2.45, 2.75) is 0 Å². The number of hydrogen-bond acceptors (Lipinski definition) is 7. The van der Waals surface area contributed by atoms with Gasteiger partial charge in [-0.2, -0.15) is 0 Å². The summed E-state index contributed by atoms with van der Waals surface area (Å²) in [5.74, 6) is -2.68. The molecule has 0 fully saturated rings. The molecule has 11 nitrogen and oxygen atoms in total. The Morgan fingerprint density at radius 2 is 1.63 bits per heavy atom. The van der Waals surface area contributed by atoms with Gasteiger partial charge in [-0.05, 0) is 29.8 Å². The van der Waals surface area contributed by atoms with Gasteiger partial charge in [0.15, 0.2) is 0 Å². The van der Waals surface area contributed by atoms with Crippen LogP contribution in [0.25, 0.3) is 6.08 Å². The highest BCUT2D eigenvalue weighted by Crippen LogP contribution is 2.29. The zero-order valence-electron chi connectivity index (χ0n) is 18.1. The number of ether oxygens (including phenoxy) is 1. The SMILES string of the molecule is COc1cc([N+](=O)[O-])ccc1NC(=O)C(=Cc1cccc([N+](=O)[O-])c1)NC(=O)c1ccccc1F. The van der Waals surface area contributed by atoms with Crippen LogP contribution in [0.2, 0.25) is 0 Å². The van der Waals surface area contributed by atoms with Gasteiger partial charge in [-0.15, -0.1) is 0 Å². The first-order chi connectivity index (χ1) is 16.7. The Hall–Kier alpha value is -5.13. The van der Waals surface area contributed by atoms with Gasteiger partial charge in [-0.25, -0.2) is 4.39 Å². The highest BCUT2D eigenvalue weighted by atomic mass is 19.1. The molecule has 0 unspecified atom stereocenters. The van der Waals surface area contributed by atoms with Crippen LogP contribution in [0.3, 0.4) is 0 Å². The van der Waals surface area contributed by atoms with Gasteiger partial charge in [0.2, 0.25) is 0 Å². The molecule has 0 aliphatic heterocycles. The minimum absolute atomic E-state index is 0.0253. The number of nitrogens with zero attached hydrogens (tertiary/aromatic N) is 2. The molecule has 35 heavy (non-hydrogen) atoms. The van der Waals surface area contributed by atoms with E-state index in [0.717, 1.165) is 18.2 Å².